The zero-order chi connectivity index (χ0) is 22.6. The molecule has 1 N–H and O–H groups in total. The second-order valence-electron chi connectivity index (χ2n) is 6.29. The number of ether oxygens (including phenoxy) is 2. The monoisotopic (exact) mass is 456 g/mol. The number of nitrogens with zero attached hydrogens (tertiary/aromatic N) is 1. The third-order valence-electron chi connectivity index (χ3n) is 3.72. The summed E-state index contributed by atoms with van der Waals surface area (Å²) in [5, 5.41) is 10.8. The summed E-state index contributed by atoms with van der Waals surface area (Å²) in [4.78, 5) is 34.7. The van der Waals surface area contributed by atoms with Crippen molar-refractivity contribution in [2.75, 3.05) is 11.3 Å². The predicted octanol–water partition coefficient (Wildman–Crippen LogP) is 3.51. The van der Waals surface area contributed by atoms with E-state index in [1.54, 1.807) is 20.8 Å². The fraction of sp³-hybridized carbons (Fsp3) is 0.333. The lowest BCUT2D eigenvalue weighted by Crippen LogP contribution is -2.15. The molecule has 0 unspecified atom stereocenters. The first-order valence-corrected chi connectivity index (χ1v) is 11.1. The molecule has 0 radical (unpaired) electrons. The molecule has 0 amide bonds. The van der Waals surface area contributed by atoms with Gasteiger partial charge >= 0.3 is 11.9 Å². The van der Waals surface area contributed by atoms with E-state index < -0.39 is 38.7 Å². The highest BCUT2D eigenvalue weighted by Gasteiger charge is 2.29. The quantitative estimate of drug-likeness (QED) is 0.361. The van der Waals surface area contributed by atoms with E-state index in [9.17, 15) is 28.1 Å². The van der Waals surface area contributed by atoms with Gasteiger partial charge in [0.1, 0.15) is 9.88 Å². The Morgan fingerprint density at radius 1 is 1.27 bits per heavy atom. The van der Waals surface area contributed by atoms with Gasteiger partial charge < -0.3 is 9.47 Å². The molecule has 12 heteroatoms. The molecule has 162 valence electrons. The summed E-state index contributed by atoms with van der Waals surface area (Å²) in [5.41, 5.74) is -0.320. The van der Waals surface area contributed by atoms with Crippen LogP contribution in [0.3, 0.4) is 0 Å². The van der Waals surface area contributed by atoms with Crippen molar-refractivity contribution in [2.24, 2.45) is 0 Å². The smallest absolute Gasteiger partial charge is 0.348 e. The molecule has 0 atom stereocenters. The van der Waals surface area contributed by atoms with Gasteiger partial charge in [0.2, 0.25) is 0 Å². The van der Waals surface area contributed by atoms with E-state index >= 15 is 0 Å². The van der Waals surface area contributed by atoms with Crippen molar-refractivity contribution in [3.63, 3.8) is 0 Å². The normalized spacial score (nSPS) is 11.2. The van der Waals surface area contributed by atoms with Crippen LogP contribution in [0, 0.1) is 17.0 Å². The van der Waals surface area contributed by atoms with Crippen LogP contribution < -0.4 is 4.72 Å². The Morgan fingerprint density at radius 2 is 1.93 bits per heavy atom. The fourth-order valence-electron chi connectivity index (χ4n) is 2.44. The molecular weight excluding hydrogens is 436 g/mol. The van der Waals surface area contributed by atoms with Crippen molar-refractivity contribution < 1.29 is 32.4 Å². The maximum atomic E-state index is 12.8. The number of carbonyl (C=O) groups excluding carboxylic acids is 2. The topological polar surface area (TPSA) is 142 Å². The SMILES string of the molecule is CCOC(=O)c1c(NS(=O)(=O)c2cccc([N+](=O)[O-])c2)sc(C(=O)OC(C)C)c1C. The molecule has 1 aromatic heterocycles. The van der Waals surface area contributed by atoms with E-state index in [4.69, 9.17) is 9.47 Å². The average Bonchev–Trinajstić information content (AvgIpc) is 2.97. The van der Waals surface area contributed by atoms with E-state index in [1.807, 2.05) is 0 Å². The molecule has 0 aliphatic carbocycles. The highest BCUT2D eigenvalue weighted by Crippen LogP contribution is 2.36. The van der Waals surface area contributed by atoms with Crippen molar-refractivity contribution >= 4 is 44.0 Å². The van der Waals surface area contributed by atoms with Gasteiger partial charge in [-0.05, 0) is 39.3 Å². The second kappa shape index (κ2) is 9.22. The van der Waals surface area contributed by atoms with Crippen LogP contribution in [0.2, 0.25) is 0 Å². The van der Waals surface area contributed by atoms with Gasteiger partial charge in [-0.25, -0.2) is 18.0 Å². The minimum absolute atomic E-state index is 0.0387. The maximum Gasteiger partial charge on any atom is 0.348 e. The molecule has 1 heterocycles. The Labute approximate surface area is 177 Å². The predicted molar refractivity (Wildman–Crippen MR) is 109 cm³/mol. The average molecular weight is 456 g/mol. The standard InChI is InChI=1S/C18H20N2O8S2/c1-5-27-17(21)14-11(4)15(18(22)28-10(2)3)29-16(14)19-30(25,26)13-8-6-7-12(9-13)20(23)24/h6-10,19H,5H2,1-4H3. The Hall–Kier alpha value is -2.99. The minimum Gasteiger partial charge on any atom is -0.462 e. The van der Waals surface area contributed by atoms with E-state index in [1.165, 1.54) is 19.1 Å². The zero-order valence-corrected chi connectivity index (χ0v) is 18.3. The van der Waals surface area contributed by atoms with Crippen molar-refractivity contribution in [1.29, 1.82) is 0 Å². The number of nitro benzene ring substituents is 1. The molecule has 0 aliphatic rings. The first-order chi connectivity index (χ1) is 14.0. The van der Waals surface area contributed by atoms with Crippen LogP contribution >= 0.6 is 11.3 Å². The molecule has 0 fully saturated rings. The molecule has 0 saturated heterocycles. The van der Waals surface area contributed by atoms with Crippen molar-refractivity contribution in [2.45, 2.75) is 38.7 Å². The van der Waals surface area contributed by atoms with Gasteiger partial charge in [-0.3, -0.25) is 14.8 Å². The van der Waals surface area contributed by atoms with Gasteiger partial charge in [0.05, 0.1) is 28.1 Å². The number of anilines is 1. The Balaban J connectivity index is 2.54. The summed E-state index contributed by atoms with van der Waals surface area (Å²) in [6.07, 6.45) is -0.421. The molecule has 0 spiro atoms. The molecule has 0 saturated carbocycles. The Morgan fingerprint density at radius 3 is 2.50 bits per heavy atom. The number of carbonyl (C=O) groups is 2. The number of sulfonamides is 1. The number of hydrogen-bond donors (Lipinski definition) is 1. The number of thiophene rings is 1. The molecule has 2 aromatic rings. The van der Waals surface area contributed by atoms with Crippen LogP contribution in [0.1, 0.15) is 46.4 Å². The third kappa shape index (κ3) is 5.13. The summed E-state index contributed by atoms with van der Waals surface area (Å²) in [6.45, 7) is 6.40. The highest BCUT2D eigenvalue weighted by molar-refractivity contribution is 7.93. The molecule has 10 nitrogen and oxygen atoms in total. The van der Waals surface area contributed by atoms with Crippen LogP contribution in [-0.4, -0.2) is 38.0 Å². The number of nitro groups is 1. The van der Waals surface area contributed by atoms with E-state index in [2.05, 4.69) is 4.72 Å². The number of non-ortho nitro benzene ring substituents is 1. The van der Waals surface area contributed by atoms with Crippen molar-refractivity contribution in [3.8, 4) is 0 Å². The van der Waals surface area contributed by atoms with Gasteiger partial charge in [0.15, 0.2) is 0 Å². The van der Waals surface area contributed by atoms with E-state index in [-0.39, 0.29) is 32.5 Å². The van der Waals surface area contributed by atoms with Gasteiger partial charge in [-0.15, -0.1) is 11.3 Å². The number of hydrogen-bond acceptors (Lipinski definition) is 9. The van der Waals surface area contributed by atoms with Crippen LogP contribution in [0.5, 0.6) is 0 Å². The molecule has 1 aromatic carbocycles. The number of esters is 2. The minimum atomic E-state index is -4.30. The first kappa shape index (κ1) is 23.3. The van der Waals surface area contributed by atoms with Gasteiger partial charge in [-0.2, -0.15) is 0 Å². The summed E-state index contributed by atoms with van der Waals surface area (Å²) in [6, 6.07) is 4.44. The maximum absolute atomic E-state index is 12.8. The van der Waals surface area contributed by atoms with E-state index in [0.29, 0.717) is 0 Å². The van der Waals surface area contributed by atoms with Gasteiger partial charge in [0, 0.05) is 12.1 Å². The molecule has 30 heavy (non-hydrogen) atoms. The van der Waals surface area contributed by atoms with Gasteiger partial charge in [0.25, 0.3) is 15.7 Å². The summed E-state index contributed by atoms with van der Waals surface area (Å²) in [5.74, 6) is -1.52. The number of nitrogens with one attached hydrogen (secondary N) is 1. The Kier molecular flexibility index (Phi) is 7.16. The Bertz CT molecular complexity index is 1090. The second-order valence-corrected chi connectivity index (χ2v) is 9.00. The van der Waals surface area contributed by atoms with Crippen LogP contribution in [0.25, 0.3) is 0 Å². The lowest BCUT2D eigenvalue weighted by molar-refractivity contribution is -0.385. The molecule has 0 aliphatic heterocycles. The van der Waals surface area contributed by atoms with Crippen LogP contribution in [0.15, 0.2) is 29.2 Å². The van der Waals surface area contributed by atoms with Crippen molar-refractivity contribution in [1.82, 2.24) is 0 Å². The number of rotatable bonds is 8. The summed E-state index contributed by atoms with van der Waals surface area (Å²) < 4.78 is 37.9. The fourth-order valence-corrected chi connectivity index (χ4v) is 4.86. The van der Waals surface area contributed by atoms with Crippen LogP contribution in [0.4, 0.5) is 10.7 Å². The summed E-state index contributed by atoms with van der Waals surface area (Å²) in [7, 11) is -4.30. The van der Waals surface area contributed by atoms with E-state index in [0.717, 1.165) is 23.5 Å². The molecular formula is C18H20N2O8S2. The highest BCUT2D eigenvalue weighted by atomic mass is 32.2. The lowest BCUT2D eigenvalue weighted by Gasteiger charge is -2.09. The van der Waals surface area contributed by atoms with Crippen LogP contribution in [-0.2, 0) is 19.5 Å². The summed E-state index contributed by atoms with van der Waals surface area (Å²) >= 11 is 0.723. The molecule has 0 bridgehead atoms. The zero-order valence-electron chi connectivity index (χ0n) is 16.6. The largest absolute Gasteiger partial charge is 0.462 e. The molecule has 2 rings (SSSR count). The number of benzene rings is 1. The first-order valence-electron chi connectivity index (χ1n) is 8.76. The third-order valence-corrected chi connectivity index (χ3v) is 6.38. The van der Waals surface area contributed by atoms with Gasteiger partial charge in [-0.1, -0.05) is 6.07 Å². The van der Waals surface area contributed by atoms with Crippen molar-refractivity contribution in [3.05, 3.63) is 50.4 Å². The lowest BCUT2D eigenvalue weighted by atomic mass is 10.1.